The number of carboxylic acid groups (broad SMARTS) is 1. The third-order valence-corrected chi connectivity index (χ3v) is 8.19. The van der Waals surface area contributed by atoms with Gasteiger partial charge in [-0.3, -0.25) is 4.98 Å². The zero-order valence-corrected chi connectivity index (χ0v) is 23.6. The van der Waals surface area contributed by atoms with Crippen LogP contribution >= 0.6 is 23.1 Å². The zero-order chi connectivity index (χ0) is 29.2. The van der Waals surface area contributed by atoms with Crippen molar-refractivity contribution in [1.82, 2.24) is 20.3 Å². The van der Waals surface area contributed by atoms with E-state index in [0.717, 1.165) is 53.1 Å². The average Bonchev–Trinajstić information content (AvgIpc) is 3.38. The molecule has 41 heavy (non-hydrogen) atoms. The van der Waals surface area contributed by atoms with Crippen molar-refractivity contribution in [2.75, 3.05) is 18.4 Å². The first-order valence-electron chi connectivity index (χ1n) is 12.7. The number of nitrogens with one attached hydrogen (secondary N) is 2. The SMILES string of the molecule is Cc1csc(Nc2ncc(SC(c3ccccn3)C3CCNCC3)cc2Oc2ccccc2)n1.O=C(O)C(F)(F)F. The average molecular weight is 604 g/mol. The third-order valence-electron chi connectivity index (χ3n) is 5.94. The van der Waals surface area contributed by atoms with E-state index in [1.54, 1.807) is 11.3 Å². The van der Waals surface area contributed by atoms with Gasteiger partial charge in [-0.15, -0.1) is 23.1 Å². The molecule has 0 spiro atoms. The smallest absolute Gasteiger partial charge is 0.475 e. The van der Waals surface area contributed by atoms with Gasteiger partial charge in [0.1, 0.15) is 5.75 Å². The Hall–Kier alpha value is -3.68. The van der Waals surface area contributed by atoms with Crippen molar-refractivity contribution in [2.24, 2.45) is 5.92 Å². The maximum absolute atomic E-state index is 10.6. The number of ether oxygens (including phenoxy) is 1. The molecule has 0 saturated carbocycles. The quantitative estimate of drug-likeness (QED) is 0.180. The highest BCUT2D eigenvalue weighted by molar-refractivity contribution is 7.99. The molecule has 0 bridgehead atoms. The van der Waals surface area contributed by atoms with E-state index in [1.807, 2.05) is 72.9 Å². The molecule has 216 valence electrons. The van der Waals surface area contributed by atoms with Crippen LogP contribution in [0, 0.1) is 12.8 Å². The second kappa shape index (κ2) is 14.3. The number of thiazole rings is 1. The van der Waals surface area contributed by atoms with Gasteiger partial charge in [0.15, 0.2) is 16.7 Å². The van der Waals surface area contributed by atoms with E-state index in [-0.39, 0.29) is 5.25 Å². The number of piperidine rings is 1. The van der Waals surface area contributed by atoms with Crippen LogP contribution in [0.5, 0.6) is 11.5 Å². The monoisotopic (exact) mass is 603 g/mol. The number of thioether (sulfide) groups is 1. The predicted octanol–water partition coefficient (Wildman–Crippen LogP) is 7.24. The number of aryl methyl sites for hydroxylation is 1. The molecule has 3 aromatic heterocycles. The first-order chi connectivity index (χ1) is 19.7. The summed E-state index contributed by atoms with van der Waals surface area (Å²) < 4.78 is 38.0. The van der Waals surface area contributed by atoms with Gasteiger partial charge in [-0.2, -0.15) is 13.2 Å². The highest BCUT2D eigenvalue weighted by Crippen LogP contribution is 2.45. The highest BCUT2D eigenvalue weighted by atomic mass is 32.2. The predicted molar refractivity (Wildman–Crippen MR) is 153 cm³/mol. The standard InChI is InChI=1S/C26H27N5OS2.C2HF3O2/c1-18-17-33-26(30-18)31-25-23(32-20-7-3-2-4-8-20)15-21(16-29-25)34-24(19-10-13-27-14-11-19)22-9-5-6-12-28-22;3-2(4,5)1(6)7/h2-9,12,15-17,19,24,27H,10-11,13-14H2,1H3,(H,29,30,31);(H,6,7). The van der Waals surface area contributed by atoms with Crippen molar-refractivity contribution in [1.29, 1.82) is 0 Å². The van der Waals surface area contributed by atoms with Crippen molar-refractivity contribution >= 4 is 40.0 Å². The second-order valence-electron chi connectivity index (χ2n) is 9.04. The Morgan fingerprint density at radius 2 is 1.85 bits per heavy atom. The largest absolute Gasteiger partial charge is 0.490 e. The number of hydrogen-bond donors (Lipinski definition) is 3. The highest BCUT2D eigenvalue weighted by Gasteiger charge is 2.38. The third kappa shape index (κ3) is 9.17. The van der Waals surface area contributed by atoms with Crippen molar-refractivity contribution in [2.45, 2.75) is 36.1 Å². The maximum Gasteiger partial charge on any atom is 0.490 e. The normalized spacial score (nSPS) is 14.4. The number of benzene rings is 1. The van der Waals surface area contributed by atoms with Crippen molar-refractivity contribution < 1.29 is 27.8 Å². The molecule has 4 heterocycles. The van der Waals surface area contributed by atoms with Crippen LogP contribution in [0.3, 0.4) is 0 Å². The lowest BCUT2D eigenvalue weighted by molar-refractivity contribution is -0.192. The van der Waals surface area contributed by atoms with Crippen LogP contribution in [0.15, 0.2) is 77.3 Å². The van der Waals surface area contributed by atoms with Gasteiger partial charge in [0.25, 0.3) is 0 Å². The van der Waals surface area contributed by atoms with Crippen LogP contribution in [0.4, 0.5) is 24.1 Å². The summed E-state index contributed by atoms with van der Waals surface area (Å²) in [7, 11) is 0. The molecule has 0 radical (unpaired) electrons. The van der Waals surface area contributed by atoms with E-state index < -0.39 is 12.1 Å². The Morgan fingerprint density at radius 1 is 1.15 bits per heavy atom. The van der Waals surface area contributed by atoms with E-state index in [4.69, 9.17) is 24.6 Å². The van der Waals surface area contributed by atoms with E-state index >= 15 is 0 Å². The van der Waals surface area contributed by atoms with Gasteiger partial charge in [-0.25, -0.2) is 14.8 Å². The lowest BCUT2D eigenvalue weighted by Crippen LogP contribution is -2.30. The minimum Gasteiger partial charge on any atom is -0.475 e. The number of halogens is 3. The van der Waals surface area contributed by atoms with Gasteiger partial charge < -0.3 is 20.5 Å². The Kier molecular flexibility index (Phi) is 10.6. The van der Waals surface area contributed by atoms with Crippen molar-refractivity contribution in [3.05, 3.63) is 83.8 Å². The molecule has 0 amide bonds. The molecular weight excluding hydrogens is 575 g/mol. The number of anilines is 2. The summed E-state index contributed by atoms with van der Waals surface area (Å²) >= 11 is 3.37. The van der Waals surface area contributed by atoms with Crippen molar-refractivity contribution in [3.63, 3.8) is 0 Å². The first-order valence-corrected chi connectivity index (χ1v) is 14.5. The molecule has 1 unspecified atom stereocenters. The summed E-state index contributed by atoms with van der Waals surface area (Å²) in [5, 5.41) is 17.0. The van der Waals surface area contributed by atoms with Crippen LogP contribution < -0.4 is 15.4 Å². The molecule has 3 N–H and O–H groups in total. The lowest BCUT2D eigenvalue weighted by Gasteiger charge is -2.30. The zero-order valence-electron chi connectivity index (χ0n) is 22.0. The fourth-order valence-corrected chi connectivity index (χ4v) is 6.02. The van der Waals surface area contributed by atoms with Crippen LogP contribution in [0.2, 0.25) is 0 Å². The number of para-hydroxylation sites is 1. The fraction of sp³-hybridized carbons (Fsp3) is 0.286. The molecule has 1 saturated heterocycles. The van der Waals surface area contributed by atoms with Crippen LogP contribution in [-0.4, -0.2) is 45.3 Å². The van der Waals surface area contributed by atoms with E-state index in [1.165, 1.54) is 0 Å². The minimum atomic E-state index is -5.08. The molecule has 1 aliphatic heterocycles. The fourth-order valence-electron chi connectivity index (χ4n) is 4.03. The molecule has 5 rings (SSSR count). The number of carboxylic acids is 1. The summed E-state index contributed by atoms with van der Waals surface area (Å²) in [6.45, 7) is 4.07. The molecule has 13 heteroatoms. The second-order valence-corrected chi connectivity index (χ2v) is 11.1. The number of hydrogen-bond acceptors (Lipinski definition) is 9. The Labute approximate surface area is 243 Å². The summed E-state index contributed by atoms with van der Waals surface area (Å²) in [6, 6.07) is 18.1. The Morgan fingerprint density at radius 3 is 2.46 bits per heavy atom. The molecule has 1 aromatic carbocycles. The summed E-state index contributed by atoms with van der Waals surface area (Å²) in [4.78, 5) is 23.9. The van der Waals surface area contributed by atoms with E-state index in [0.29, 0.717) is 17.5 Å². The van der Waals surface area contributed by atoms with E-state index in [9.17, 15) is 13.2 Å². The van der Waals surface area contributed by atoms with Gasteiger partial charge in [-0.05, 0) is 69.1 Å². The number of pyridine rings is 2. The number of alkyl halides is 3. The van der Waals surface area contributed by atoms with Crippen LogP contribution in [0.25, 0.3) is 0 Å². The lowest BCUT2D eigenvalue weighted by atomic mass is 9.92. The van der Waals surface area contributed by atoms with Gasteiger partial charge >= 0.3 is 12.1 Å². The number of aromatic nitrogens is 3. The van der Waals surface area contributed by atoms with Gasteiger partial charge in [0.05, 0.1) is 16.6 Å². The van der Waals surface area contributed by atoms with Gasteiger partial charge in [0, 0.05) is 22.7 Å². The topological polar surface area (TPSA) is 109 Å². The van der Waals surface area contributed by atoms with Gasteiger partial charge in [-0.1, -0.05) is 24.3 Å². The number of rotatable bonds is 8. The number of carbonyl (C=O) groups is 1. The molecule has 0 aliphatic carbocycles. The molecular formula is C28H28F3N5O3S2. The number of aliphatic carboxylic acids is 1. The first kappa shape index (κ1) is 30.3. The summed E-state index contributed by atoms with van der Waals surface area (Å²) in [5.74, 6) is -0.111. The Balaban J connectivity index is 0.000000493. The maximum atomic E-state index is 10.6. The molecule has 4 aromatic rings. The van der Waals surface area contributed by atoms with Gasteiger partial charge in [0.2, 0.25) is 0 Å². The molecule has 1 fully saturated rings. The van der Waals surface area contributed by atoms with E-state index in [2.05, 4.69) is 33.8 Å². The van der Waals surface area contributed by atoms with Crippen molar-refractivity contribution in [3.8, 4) is 11.5 Å². The Bertz CT molecular complexity index is 1400. The summed E-state index contributed by atoms with van der Waals surface area (Å²) in [5.41, 5.74) is 2.09. The van der Waals surface area contributed by atoms with Crippen LogP contribution in [0.1, 0.15) is 29.5 Å². The summed E-state index contributed by atoms with van der Waals surface area (Å²) in [6.07, 6.45) is 0.994. The molecule has 1 atom stereocenters. The molecule has 1 aliphatic rings. The molecule has 8 nitrogen and oxygen atoms in total. The van der Waals surface area contributed by atoms with Crippen LogP contribution in [-0.2, 0) is 4.79 Å². The number of nitrogens with zero attached hydrogens (tertiary/aromatic N) is 3. The minimum absolute atomic E-state index is 0.259.